The molecule has 6 nitrogen and oxygen atoms in total. The summed E-state index contributed by atoms with van der Waals surface area (Å²) in [6, 6.07) is 17.0. The number of ether oxygens (including phenoxy) is 1. The molecule has 2 N–H and O–H groups in total. The Morgan fingerprint density at radius 1 is 0.933 bits per heavy atom. The molecule has 6 heteroatoms. The summed E-state index contributed by atoms with van der Waals surface area (Å²) in [4.78, 5) is 9.30. The van der Waals surface area contributed by atoms with Crippen molar-refractivity contribution < 1.29 is 4.74 Å². The highest BCUT2D eigenvalue weighted by Gasteiger charge is 2.12. The fourth-order valence-electron chi connectivity index (χ4n) is 3.65. The van der Waals surface area contributed by atoms with E-state index in [1.807, 2.05) is 18.2 Å². The van der Waals surface area contributed by atoms with Crippen molar-refractivity contribution in [2.45, 2.75) is 26.1 Å². The Bertz CT molecular complexity index is 805. The fourth-order valence-corrected chi connectivity index (χ4v) is 3.65. The van der Waals surface area contributed by atoms with E-state index in [4.69, 9.17) is 4.74 Å². The summed E-state index contributed by atoms with van der Waals surface area (Å²) in [5.74, 6) is 1.65. The number of methoxy groups -OCH3 is 1. The Morgan fingerprint density at radius 3 is 2.40 bits per heavy atom. The summed E-state index contributed by atoms with van der Waals surface area (Å²) in [7, 11) is 5.69. The Labute approximate surface area is 180 Å². The van der Waals surface area contributed by atoms with E-state index < -0.39 is 0 Å². The van der Waals surface area contributed by atoms with Gasteiger partial charge in [0, 0.05) is 39.8 Å². The van der Waals surface area contributed by atoms with Crippen LogP contribution >= 0.6 is 0 Å². The number of likely N-dealkylation sites (N-methyl/N-ethyl adjacent to an activating group) is 1. The van der Waals surface area contributed by atoms with Crippen molar-refractivity contribution in [1.29, 1.82) is 0 Å². The highest BCUT2D eigenvalue weighted by molar-refractivity contribution is 5.79. The topological polar surface area (TPSA) is 52.1 Å². The van der Waals surface area contributed by atoms with Crippen molar-refractivity contribution >= 4 is 5.96 Å². The lowest BCUT2D eigenvalue weighted by Crippen LogP contribution is -2.36. The number of aliphatic imine (C=N–C) groups is 1. The summed E-state index contributed by atoms with van der Waals surface area (Å²) in [6.45, 7) is 7.16. The molecule has 1 fully saturated rings. The summed E-state index contributed by atoms with van der Waals surface area (Å²) >= 11 is 0. The number of nitrogens with one attached hydrogen (secondary N) is 2. The minimum atomic E-state index is 0.695. The first-order valence-corrected chi connectivity index (χ1v) is 10.7. The zero-order valence-electron chi connectivity index (χ0n) is 18.5. The van der Waals surface area contributed by atoms with Crippen molar-refractivity contribution in [2.75, 3.05) is 47.4 Å². The molecule has 0 atom stereocenters. The van der Waals surface area contributed by atoms with Gasteiger partial charge in [-0.3, -0.25) is 9.89 Å². The van der Waals surface area contributed by atoms with Crippen LogP contribution in [0.3, 0.4) is 0 Å². The van der Waals surface area contributed by atoms with Gasteiger partial charge in [-0.05, 0) is 55.4 Å². The first kappa shape index (κ1) is 22.1. The summed E-state index contributed by atoms with van der Waals surface area (Å²) in [6.07, 6.45) is 1.25. The van der Waals surface area contributed by atoms with Gasteiger partial charge in [0.15, 0.2) is 5.96 Å². The molecule has 0 radical (unpaired) electrons. The second-order valence-electron chi connectivity index (χ2n) is 7.88. The molecule has 0 spiro atoms. The predicted molar refractivity (Wildman–Crippen MR) is 124 cm³/mol. The monoisotopic (exact) mass is 409 g/mol. The zero-order valence-corrected chi connectivity index (χ0v) is 18.5. The fraction of sp³-hybridized carbons (Fsp3) is 0.458. The third kappa shape index (κ3) is 7.04. The van der Waals surface area contributed by atoms with E-state index in [9.17, 15) is 0 Å². The molecule has 0 aromatic heterocycles. The van der Waals surface area contributed by atoms with Crippen molar-refractivity contribution in [1.82, 2.24) is 20.4 Å². The number of benzene rings is 2. The van der Waals surface area contributed by atoms with Crippen LogP contribution in [0, 0.1) is 0 Å². The van der Waals surface area contributed by atoms with E-state index in [0.29, 0.717) is 6.54 Å². The number of nitrogens with zero attached hydrogens (tertiary/aromatic N) is 3. The maximum absolute atomic E-state index is 5.28. The number of guanidine groups is 1. The predicted octanol–water partition coefficient (Wildman–Crippen LogP) is 2.70. The van der Waals surface area contributed by atoms with Gasteiger partial charge in [-0.15, -0.1) is 0 Å². The van der Waals surface area contributed by atoms with E-state index >= 15 is 0 Å². The van der Waals surface area contributed by atoms with E-state index in [0.717, 1.165) is 43.5 Å². The van der Waals surface area contributed by atoms with Gasteiger partial charge in [-0.1, -0.05) is 36.4 Å². The average Bonchev–Trinajstić information content (AvgIpc) is 2.99. The van der Waals surface area contributed by atoms with E-state index in [1.165, 1.54) is 30.6 Å². The summed E-state index contributed by atoms with van der Waals surface area (Å²) < 4.78 is 5.28. The molecule has 1 saturated heterocycles. The first-order chi connectivity index (χ1) is 14.7. The van der Waals surface area contributed by atoms with E-state index in [-0.39, 0.29) is 0 Å². The Balaban J connectivity index is 1.45. The smallest absolute Gasteiger partial charge is 0.191 e. The minimum absolute atomic E-state index is 0.695. The largest absolute Gasteiger partial charge is 0.497 e. The van der Waals surface area contributed by atoms with Crippen LogP contribution in [0.1, 0.15) is 23.1 Å². The van der Waals surface area contributed by atoms with Crippen LogP contribution in [-0.4, -0.2) is 63.1 Å². The van der Waals surface area contributed by atoms with Gasteiger partial charge in [0.2, 0.25) is 0 Å². The third-order valence-corrected chi connectivity index (χ3v) is 5.52. The van der Waals surface area contributed by atoms with Crippen LogP contribution in [0.2, 0.25) is 0 Å². The molecule has 2 aromatic carbocycles. The average molecular weight is 410 g/mol. The normalized spacial score (nSPS) is 16.2. The van der Waals surface area contributed by atoms with Gasteiger partial charge in [-0.2, -0.15) is 0 Å². The second-order valence-corrected chi connectivity index (χ2v) is 7.88. The molecule has 1 heterocycles. The number of rotatable bonds is 7. The molecule has 162 valence electrons. The molecule has 1 aliphatic heterocycles. The van der Waals surface area contributed by atoms with Gasteiger partial charge < -0.3 is 20.3 Å². The van der Waals surface area contributed by atoms with Gasteiger partial charge >= 0.3 is 0 Å². The van der Waals surface area contributed by atoms with E-state index in [2.05, 4.69) is 62.8 Å². The maximum Gasteiger partial charge on any atom is 0.191 e. The quantitative estimate of drug-likeness (QED) is 0.544. The molecule has 3 rings (SSSR count). The van der Waals surface area contributed by atoms with Crippen LogP contribution in [0.15, 0.2) is 53.5 Å². The second kappa shape index (κ2) is 11.6. The third-order valence-electron chi connectivity index (χ3n) is 5.52. The van der Waals surface area contributed by atoms with Gasteiger partial charge in [0.25, 0.3) is 0 Å². The van der Waals surface area contributed by atoms with Gasteiger partial charge in [-0.25, -0.2) is 0 Å². The van der Waals surface area contributed by atoms with Crippen LogP contribution in [-0.2, 0) is 19.6 Å². The lowest BCUT2D eigenvalue weighted by Gasteiger charge is -2.20. The maximum atomic E-state index is 5.28. The Hall–Kier alpha value is -2.57. The number of hydrogen-bond donors (Lipinski definition) is 2. The standard InChI is InChI=1S/C24H35N5O/c1-25-24(27-18-22-6-4-7-23(16-22)30-3)26-17-20-8-10-21(11-9-20)19-29-13-5-12-28(2)14-15-29/h4,6-11,16H,5,12-15,17-19H2,1-3H3,(H2,25,26,27). The molecule has 0 aliphatic carbocycles. The molecule has 0 amide bonds. The van der Waals surface area contributed by atoms with Crippen LogP contribution in [0.25, 0.3) is 0 Å². The first-order valence-electron chi connectivity index (χ1n) is 10.7. The Kier molecular flexibility index (Phi) is 8.53. The molecular weight excluding hydrogens is 374 g/mol. The van der Waals surface area contributed by atoms with Crippen LogP contribution in [0.4, 0.5) is 0 Å². The van der Waals surface area contributed by atoms with Crippen LogP contribution < -0.4 is 15.4 Å². The molecule has 0 unspecified atom stereocenters. The van der Waals surface area contributed by atoms with E-state index in [1.54, 1.807) is 14.2 Å². The summed E-state index contributed by atoms with van der Waals surface area (Å²) in [5, 5.41) is 6.75. The lowest BCUT2D eigenvalue weighted by molar-refractivity contribution is 0.269. The molecule has 1 aliphatic rings. The Morgan fingerprint density at radius 2 is 1.67 bits per heavy atom. The van der Waals surface area contributed by atoms with Gasteiger partial charge in [0.1, 0.15) is 5.75 Å². The highest BCUT2D eigenvalue weighted by atomic mass is 16.5. The SMILES string of the molecule is CN=C(NCc1ccc(CN2CCCN(C)CC2)cc1)NCc1cccc(OC)c1. The molecule has 0 saturated carbocycles. The van der Waals surface area contributed by atoms with Gasteiger partial charge in [0.05, 0.1) is 7.11 Å². The lowest BCUT2D eigenvalue weighted by atomic mass is 10.1. The summed E-state index contributed by atoms with van der Waals surface area (Å²) in [5.41, 5.74) is 3.78. The zero-order chi connectivity index (χ0) is 21.2. The van der Waals surface area contributed by atoms with Crippen molar-refractivity contribution in [3.8, 4) is 5.75 Å². The highest BCUT2D eigenvalue weighted by Crippen LogP contribution is 2.12. The molecule has 0 bridgehead atoms. The molecule has 2 aromatic rings. The van der Waals surface area contributed by atoms with Crippen LogP contribution in [0.5, 0.6) is 5.75 Å². The van der Waals surface area contributed by atoms with Crippen molar-refractivity contribution in [2.24, 2.45) is 4.99 Å². The van der Waals surface area contributed by atoms with Crippen molar-refractivity contribution in [3.05, 3.63) is 65.2 Å². The minimum Gasteiger partial charge on any atom is -0.497 e. The van der Waals surface area contributed by atoms with Crippen molar-refractivity contribution in [3.63, 3.8) is 0 Å². The molecular formula is C24H35N5O. The molecule has 30 heavy (non-hydrogen) atoms. The number of hydrogen-bond acceptors (Lipinski definition) is 4.